The summed E-state index contributed by atoms with van der Waals surface area (Å²) in [5.41, 5.74) is 1.41. The summed E-state index contributed by atoms with van der Waals surface area (Å²) in [7, 11) is 0. The molecule has 1 heterocycles. The second kappa shape index (κ2) is 13.1. The van der Waals surface area contributed by atoms with E-state index in [1.54, 1.807) is 0 Å². The smallest absolute Gasteiger partial charge is 0.0394 e. The number of rotatable bonds is 13. The topological polar surface area (TPSA) is 12.4 Å². The first kappa shape index (κ1) is 18.5. The molecule has 21 heavy (non-hydrogen) atoms. The fraction of sp³-hybridized carbons (Fsp3) is 0.850. The molecule has 0 aromatic rings. The summed E-state index contributed by atoms with van der Waals surface area (Å²) >= 11 is 0. The van der Waals surface area contributed by atoms with Gasteiger partial charge in [0.25, 0.3) is 0 Å². The number of hydrogen-bond donors (Lipinski definition) is 0. The molecule has 0 aliphatic carbocycles. The van der Waals surface area contributed by atoms with Crippen LogP contribution in [0.1, 0.15) is 97.3 Å². The maximum atomic E-state index is 4.51. The highest BCUT2D eigenvalue weighted by Gasteiger charge is 2.15. The van der Waals surface area contributed by atoms with Crippen molar-refractivity contribution in [3.63, 3.8) is 0 Å². The Bertz CT molecular complexity index is 290. The maximum Gasteiger partial charge on any atom is 0.0394 e. The molecule has 1 unspecified atom stereocenters. The maximum absolute atomic E-state index is 4.51. The fourth-order valence-electron chi connectivity index (χ4n) is 3.20. The highest BCUT2D eigenvalue weighted by Crippen LogP contribution is 2.21. The number of allylic oxidation sites excluding steroid dienone is 2. The van der Waals surface area contributed by atoms with Gasteiger partial charge in [0.1, 0.15) is 0 Å². The van der Waals surface area contributed by atoms with Crippen LogP contribution in [0.2, 0.25) is 0 Å². The van der Waals surface area contributed by atoms with Crippen molar-refractivity contribution in [2.24, 2.45) is 10.9 Å². The average molecular weight is 292 g/mol. The van der Waals surface area contributed by atoms with Crippen LogP contribution in [0.15, 0.2) is 17.1 Å². The van der Waals surface area contributed by atoms with Gasteiger partial charge in [-0.25, -0.2) is 0 Å². The summed E-state index contributed by atoms with van der Waals surface area (Å²) in [6, 6.07) is 0. The van der Waals surface area contributed by atoms with Gasteiger partial charge < -0.3 is 0 Å². The van der Waals surface area contributed by atoms with Gasteiger partial charge in [-0.2, -0.15) is 0 Å². The number of unbranched alkanes of at least 4 members (excludes halogenated alkanes) is 9. The Kier molecular flexibility index (Phi) is 11.5. The molecular weight excluding hydrogens is 254 g/mol. The molecule has 1 nitrogen and oxygen atoms in total. The van der Waals surface area contributed by atoms with Crippen molar-refractivity contribution in [2.45, 2.75) is 97.3 Å². The molecule has 0 fully saturated rings. The van der Waals surface area contributed by atoms with Crippen LogP contribution in [0.3, 0.4) is 0 Å². The summed E-state index contributed by atoms with van der Waals surface area (Å²) in [6.07, 6.45) is 22.7. The number of aliphatic imine (C=N–C) groups is 1. The molecule has 1 aliphatic heterocycles. The molecule has 0 saturated carbocycles. The molecule has 0 saturated heterocycles. The minimum Gasteiger partial charge on any atom is -0.294 e. The average Bonchev–Trinajstić information content (AvgIpc) is 2.89. The lowest BCUT2D eigenvalue weighted by Gasteiger charge is -2.08. The van der Waals surface area contributed by atoms with E-state index in [9.17, 15) is 0 Å². The van der Waals surface area contributed by atoms with E-state index in [-0.39, 0.29) is 0 Å². The Balaban J connectivity index is 1.79. The molecule has 1 rings (SSSR count). The van der Waals surface area contributed by atoms with Gasteiger partial charge in [0.15, 0.2) is 0 Å². The molecule has 0 aromatic heterocycles. The van der Waals surface area contributed by atoms with E-state index in [0.29, 0.717) is 0 Å². The zero-order chi connectivity index (χ0) is 15.2. The van der Waals surface area contributed by atoms with Crippen molar-refractivity contribution in [1.82, 2.24) is 0 Å². The summed E-state index contributed by atoms with van der Waals surface area (Å²) in [6.45, 7) is 5.58. The standard InChI is InChI=1S/C20H37N/c1-3-4-5-6-7-8-9-10-11-12-13-14-15-16-20-17-18-21-19(20)2/h9-10,20H,3-8,11-18H2,1-2H3/b10-9-. The van der Waals surface area contributed by atoms with Gasteiger partial charge in [-0.05, 0) is 51.4 Å². The van der Waals surface area contributed by atoms with Gasteiger partial charge in [0.2, 0.25) is 0 Å². The first-order valence-corrected chi connectivity index (χ1v) is 9.50. The van der Waals surface area contributed by atoms with Gasteiger partial charge in [-0.1, -0.05) is 64.0 Å². The van der Waals surface area contributed by atoms with Crippen LogP contribution in [-0.4, -0.2) is 12.3 Å². The third-order valence-corrected chi connectivity index (χ3v) is 4.74. The first-order chi connectivity index (χ1) is 10.3. The summed E-state index contributed by atoms with van der Waals surface area (Å²) < 4.78 is 0. The van der Waals surface area contributed by atoms with Crippen LogP contribution in [-0.2, 0) is 0 Å². The van der Waals surface area contributed by atoms with E-state index >= 15 is 0 Å². The van der Waals surface area contributed by atoms with Crippen LogP contribution in [0.25, 0.3) is 0 Å². The van der Waals surface area contributed by atoms with E-state index in [4.69, 9.17) is 0 Å². The molecule has 122 valence electrons. The first-order valence-electron chi connectivity index (χ1n) is 9.50. The van der Waals surface area contributed by atoms with Crippen molar-refractivity contribution in [3.05, 3.63) is 12.2 Å². The van der Waals surface area contributed by atoms with Crippen LogP contribution in [0, 0.1) is 5.92 Å². The highest BCUT2D eigenvalue weighted by molar-refractivity contribution is 5.85. The monoisotopic (exact) mass is 291 g/mol. The Morgan fingerprint density at radius 1 is 0.905 bits per heavy atom. The van der Waals surface area contributed by atoms with Crippen molar-refractivity contribution < 1.29 is 0 Å². The zero-order valence-electron chi connectivity index (χ0n) is 14.6. The Morgan fingerprint density at radius 3 is 2.10 bits per heavy atom. The van der Waals surface area contributed by atoms with Crippen molar-refractivity contribution >= 4 is 5.71 Å². The second-order valence-electron chi connectivity index (χ2n) is 6.67. The minimum absolute atomic E-state index is 0.817. The van der Waals surface area contributed by atoms with Crippen LogP contribution >= 0.6 is 0 Å². The molecule has 0 radical (unpaired) electrons. The second-order valence-corrected chi connectivity index (χ2v) is 6.67. The quantitative estimate of drug-likeness (QED) is 0.264. The van der Waals surface area contributed by atoms with Gasteiger partial charge in [-0.15, -0.1) is 0 Å². The van der Waals surface area contributed by atoms with Crippen molar-refractivity contribution in [2.75, 3.05) is 6.54 Å². The van der Waals surface area contributed by atoms with E-state index in [2.05, 4.69) is 31.0 Å². The zero-order valence-corrected chi connectivity index (χ0v) is 14.6. The SMILES string of the molecule is CCCCCCC/C=C\CCCCCCC1CCN=C1C. The third-order valence-electron chi connectivity index (χ3n) is 4.74. The molecule has 0 aromatic carbocycles. The van der Waals surface area contributed by atoms with E-state index in [1.165, 1.54) is 89.2 Å². The van der Waals surface area contributed by atoms with Crippen LogP contribution in [0.4, 0.5) is 0 Å². The molecule has 1 heteroatoms. The lowest BCUT2D eigenvalue weighted by Crippen LogP contribution is -2.05. The fourth-order valence-corrected chi connectivity index (χ4v) is 3.20. The number of hydrogen-bond acceptors (Lipinski definition) is 1. The van der Waals surface area contributed by atoms with Gasteiger partial charge in [0.05, 0.1) is 0 Å². The van der Waals surface area contributed by atoms with E-state index in [0.717, 1.165) is 12.5 Å². The molecule has 0 N–H and O–H groups in total. The normalized spacial score (nSPS) is 18.6. The third kappa shape index (κ3) is 9.87. The van der Waals surface area contributed by atoms with E-state index in [1.807, 2.05) is 0 Å². The Hall–Kier alpha value is -0.590. The Labute approximate surface area is 133 Å². The predicted molar refractivity (Wildman–Crippen MR) is 96.3 cm³/mol. The molecule has 1 atom stereocenters. The summed E-state index contributed by atoms with van der Waals surface area (Å²) in [5.74, 6) is 0.817. The molecule has 1 aliphatic rings. The predicted octanol–water partition coefficient (Wildman–Crippen LogP) is 6.72. The van der Waals surface area contributed by atoms with Crippen molar-refractivity contribution in [3.8, 4) is 0 Å². The van der Waals surface area contributed by atoms with Crippen molar-refractivity contribution in [1.29, 1.82) is 0 Å². The van der Waals surface area contributed by atoms with Gasteiger partial charge in [0, 0.05) is 12.3 Å². The van der Waals surface area contributed by atoms with Crippen LogP contribution < -0.4 is 0 Å². The lowest BCUT2D eigenvalue weighted by atomic mass is 9.95. The van der Waals surface area contributed by atoms with Gasteiger partial charge in [-0.3, -0.25) is 4.99 Å². The summed E-state index contributed by atoms with van der Waals surface area (Å²) in [5, 5.41) is 0. The lowest BCUT2D eigenvalue weighted by molar-refractivity contribution is 0.542. The minimum atomic E-state index is 0.817. The molecule has 0 spiro atoms. The molecule has 0 bridgehead atoms. The van der Waals surface area contributed by atoms with Gasteiger partial charge >= 0.3 is 0 Å². The number of nitrogens with zero attached hydrogens (tertiary/aromatic N) is 1. The van der Waals surface area contributed by atoms with Crippen LogP contribution in [0.5, 0.6) is 0 Å². The summed E-state index contributed by atoms with van der Waals surface area (Å²) in [4.78, 5) is 4.51. The van der Waals surface area contributed by atoms with E-state index < -0.39 is 0 Å². The largest absolute Gasteiger partial charge is 0.294 e. The molecular formula is C20H37N. The molecule has 0 amide bonds. The highest BCUT2D eigenvalue weighted by atomic mass is 14.8. The Morgan fingerprint density at radius 2 is 1.52 bits per heavy atom.